The number of carbonyl (C=O) groups is 1. The molecule has 0 aliphatic rings. The molecular weight excluding hydrogens is 379 g/mol. The summed E-state index contributed by atoms with van der Waals surface area (Å²) in [5.74, 6) is 0.521. The summed E-state index contributed by atoms with van der Waals surface area (Å²) in [7, 11) is 4.52. The van der Waals surface area contributed by atoms with E-state index in [0.29, 0.717) is 34.1 Å². The van der Waals surface area contributed by atoms with Crippen molar-refractivity contribution in [2.75, 3.05) is 21.3 Å². The molecule has 2 aromatic carbocycles. The Morgan fingerprint density at radius 3 is 2.45 bits per heavy atom. The SMILES string of the molecule is COc1ccc(C=NNC(=O)c2cc(-c3ccc(F)cc3)n[nH]2)c(OC)c1OC. The lowest BCUT2D eigenvalue weighted by Crippen LogP contribution is -2.18. The average Bonchev–Trinajstić information content (AvgIpc) is 3.24. The summed E-state index contributed by atoms with van der Waals surface area (Å²) >= 11 is 0. The largest absolute Gasteiger partial charge is 0.493 e. The molecule has 8 nitrogen and oxygen atoms in total. The summed E-state index contributed by atoms with van der Waals surface area (Å²) in [5, 5.41) is 10.6. The quantitative estimate of drug-likeness (QED) is 0.471. The molecule has 0 unspecified atom stereocenters. The summed E-state index contributed by atoms with van der Waals surface area (Å²) < 4.78 is 28.9. The van der Waals surface area contributed by atoms with Gasteiger partial charge >= 0.3 is 0 Å². The smallest absolute Gasteiger partial charge is 0.289 e. The van der Waals surface area contributed by atoms with Crippen molar-refractivity contribution in [3.8, 4) is 28.5 Å². The molecule has 0 saturated heterocycles. The molecule has 29 heavy (non-hydrogen) atoms. The van der Waals surface area contributed by atoms with Crippen molar-refractivity contribution in [1.29, 1.82) is 0 Å². The van der Waals surface area contributed by atoms with Crippen LogP contribution in [-0.4, -0.2) is 43.6 Å². The Morgan fingerprint density at radius 2 is 1.79 bits per heavy atom. The minimum Gasteiger partial charge on any atom is -0.493 e. The Bertz CT molecular complexity index is 1030. The number of methoxy groups -OCH3 is 3. The summed E-state index contributed by atoms with van der Waals surface area (Å²) in [4.78, 5) is 12.3. The summed E-state index contributed by atoms with van der Waals surface area (Å²) in [6.45, 7) is 0. The Hall–Kier alpha value is -3.88. The van der Waals surface area contributed by atoms with E-state index in [-0.39, 0.29) is 11.5 Å². The van der Waals surface area contributed by atoms with Gasteiger partial charge in [0.2, 0.25) is 5.75 Å². The van der Waals surface area contributed by atoms with Crippen molar-refractivity contribution >= 4 is 12.1 Å². The second-order valence-electron chi connectivity index (χ2n) is 5.80. The zero-order chi connectivity index (χ0) is 20.8. The molecule has 3 rings (SSSR count). The molecule has 0 saturated carbocycles. The molecule has 2 N–H and O–H groups in total. The van der Waals surface area contributed by atoms with Crippen molar-refractivity contribution in [3.63, 3.8) is 0 Å². The predicted molar refractivity (Wildman–Crippen MR) is 105 cm³/mol. The van der Waals surface area contributed by atoms with Gasteiger partial charge in [-0.15, -0.1) is 0 Å². The highest BCUT2D eigenvalue weighted by molar-refractivity contribution is 5.94. The van der Waals surface area contributed by atoms with Gasteiger partial charge in [0.25, 0.3) is 5.91 Å². The number of hydrogen-bond donors (Lipinski definition) is 2. The van der Waals surface area contributed by atoms with E-state index in [1.54, 1.807) is 30.3 Å². The summed E-state index contributed by atoms with van der Waals surface area (Å²) in [5.41, 5.74) is 4.40. The van der Waals surface area contributed by atoms with Gasteiger partial charge in [-0.2, -0.15) is 10.2 Å². The number of nitrogens with zero attached hydrogens (tertiary/aromatic N) is 2. The third kappa shape index (κ3) is 4.34. The van der Waals surface area contributed by atoms with Gasteiger partial charge in [0, 0.05) is 11.1 Å². The van der Waals surface area contributed by atoms with E-state index in [9.17, 15) is 9.18 Å². The first-order chi connectivity index (χ1) is 14.1. The van der Waals surface area contributed by atoms with E-state index in [1.807, 2.05) is 0 Å². The van der Waals surface area contributed by atoms with Crippen LogP contribution in [0.3, 0.4) is 0 Å². The van der Waals surface area contributed by atoms with E-state index in [1.165, 1.54) is 39.7 Å². The molecule has 0 atom stereocenters. The van der Waals surface area contributed by atoms with Crippen LogP contribution in [0.1, 0.15) is 16.1 Å². The Morgan fingerprint density at radius 1 is 1.07 bits per heavy atom. The number of aromatic nitrogens is 2. The highest BCUT2D eigenvalue weighted by Gasteiger charge is 2.15. The summed E-state index contributed by atoms with van der Waals surface area (Å²) in [6.07, 6.45) is 1.43. The molecule has 0 aliphatic carbocycles. The van der Waals surface area contributed by atoms with E-state index in [4.69, 9.17) is 14.2 Å². The van der Waals surface area contributed by atoms with Gasteiger partial charge in [0.15, 0.2) is 11.5 Å². The van der Waals surface area contributed by atoms with E-state index in [2.05, 4.69) is 20.7 Å². The van der Waals surface area contributed by atoms with Crippen molar-refractivity contribution in [3.05, 3.63) is 59.5 Å². The standard InChI is InChI=1S/C20H19FN4O4/c1-27-17-9-6-13(18(28-2)19(17)29-3)11-22-25-20(26)16-10-15(23-24-16)12-4-7-14(21)8-5-12/h4-11H,1-3H3,(H,23,24)(H,25,26). The third-order valence-electron chi connectivity index (χ3n) is 4.07. The van der Waals surface area contributed by atoms with E-state index >= 15 is 0 Å². The summed E-state index contributed by atoms with van der Waals surface area (Å²) in [6, 6.07) is 10.8. The molecular formula is C20H19FN4O4. The number of nitrogens with one attached hydrogen (secondary N) is 2. The number of carbonyl (C=O) groups excluding carboxylic acids is 1. The number of amides is 1. The third-order valence-corrected chi connectivity index (χ3v) is 4.07. The number of aromatic amines is 1. The van der Waals surface area contributed by atoms with Gasteiger partial charge in [0.1, 0.15) is 11.5 Å². The fourth-order valence-corrected chi connectivity index (χ4v) is 2.65. The molecule has 9 heteroatoms. The number of halogens is 1. The van der Waals surface area contributed by atoms with Crippen molar-refractivity contribution < 1.29 is 23.4 Å². The number of H-pyrrole nitrogens is 1. The molecule has 1 amide bonds. The van der Waals surface area contributed by atoms with Crippen LogP contribution in [0.2, 0.25) is 0 Å². The molecule has 0 radical (unpaired) electrons. The van der Waals surface area contributed by atoms with Crippen LogP contribution < -0.4 is 19.6 Å². The zero-order valence-corrected chi connectivity index (χ0v) is 16.0. The van der Waals surface area contributed by atoms with E-state index in [0.717, 1.165) is 0 Å². The maximum Gasteiger partial charge on any atom is 0.289 e. The van der Waals surface area contributed by atoms with Crippen molar-refractivity contribution in [2.45, 2.75) is 0 Å². The fourth-order valence-electron chi connectivity index (χ4n) is 2.65. The van der Waals surface area contributed by atoms with Crippen molar-refractivity contribution in [2.24, 2.45) is 5.10 Å². The normalized spacial score (nSPS) is 10.8. The lowest BCUT2D eigenvalue weighted by Gasteiger charge is -2.13. The minimum absolute atomic E-state index is 0.209. The molecule has 0 spiro atoms. The molecule has 1 heterocycles. The van der Waals surface area contributed by atoms with Crippen LogP contribution >= 0.6 is 0 Å². The molecule has 3 aromatic rings. The van der Waals surface area contributed by atoms with Crippen LogP contribution in [-0.2, 0) is 0 Å². The van der Waals surface area contributed by atoms with Crippen LogP contribution in [0.5, 0.6) is 17.2 Å². The minimum atomic E-state index is -0.485. The van der Waals surface area contributed by atoms with Gasteiger partial charge in [-0.3, -0.25) is 9.89 Å². The van der Waals surface area contributed by atoms with Gasteiger partial charge in [-0.25, -0.2) is 9.82 Å². The monoisotopic (exact) mass is 398 g/mol. The number of hydrogen-bond acceptors (Lipinski definition) is 6. The first-order valence-electron chi connectivity index (χ1n) is 8.51. The Labute approximate surface area is 166 Å². The highest BCUT2D eigenvalue weighted by atomic mass is 19.1. The van der Waals surface area contributed by atoms with Gasteiger partial charge in [-0.1, -0.05) is 0 Å². The number of hydrazone groups is 1. The fraction of sp³-hybridized carbons (Fsp3) is 0.150. The topological polar surface area (TPSA) is 97.8 Å². The first-order valence-corrected chi connectivity index (χ1v) is 8.51. The van der Waals surface area contributed by atoms with Crippen LogP contribution in [0.4, 0.5) is 4.39 Å². The lowest BCUT2D eigenvalue weighted by molar-refractivity contribution is 0.0950. The Kier molecular flexibility index (Phi) is 6.08. The van der Waals surface area contributed by atoms with Crippen LogP contribution in [0.25, 0.3) is 11.3 Å². The number of rotatable bonds is 7. The first kappa shape index (κ1) is 19.9. The lowest BCUT2D eigenvalue weighted by atomic mass is 10.1. The maximum atomic E-state index is 13.0. The second-order valence-corrected chi connectivity index (χ2v) is 5.80. The molecule has 1 aromatic heterocycles. The number of ether oxygens (including phenoxy) is 3. The number of benzene rings is 2. The molecule has 150 valence electrons. The van der Waals surface area contributed by atoms with Crippen LogP contribution in [0.15, 0.2) is 47.6 Å². The Balaban J connectivity index is 1.73. The van der Waals surface area contributed by atoms with Gasteiger partial charge in [-0.05, 0) is 42.5 Å². The molecule has 0 fully saturated rings. The van der Waals surface area contributed by atoms with Gasteiger partial charge in [0.05, 0.1) is 33.2 Å². The molecule has 0 bridgehead atoms. The van der Waals surface area contributed by atoms with E-state index < -0.39 is 5.91 Å². The van der Waals surface area contributed by atoms with Gasteiger partial charge < -0.3 is 14.2 Å². The maximum absolute atomic E-state index is 13.0. The average molecular weight is 398 g/mol. The zero-order valence-electron chi connectivity index (χ0n) is 16.0. The highest BCUT2D eigenvalue weighted by Crippen LogP contribution is 2.38. The molecule has 0 aliphatic heterocycles. The van der Waals surface area contributed by atoms with Crippen molar-refractivity contribution in [1.82, 2.24) is 15.6 Å². The second kappa shape index (κ2) is 8.87. The van der Waals surface area contributed by atoms with Crippen LogP contribution in [0, 0.1) is 5.82 Å². The predicted octanol–water partition coefficient (Wildman–Crippen LogP) is 3.01.